The predicted octanol–water partition coefficient (Wildman–Crippen LogP) is 4.28. The standard InChI is InChI=1S/C17H14N2O2/c1-12-3-4-13(2)17(9-12)15(11-18)10-14-5-7-16(8-6-14)19(20)21/h3-10H,1-2H3/b15-10-. The first kappa shape index (κ1) is 14.5. The van der Waals surface area contributed by atoms with E-state index in [-0.39, 0.29) is 5.69 Å². The molecule has 104 valence electrons. The topological polar surface area (TPSA) is 66.9 Å². The Kier molecular flexibility index (Phi) is 4.15. The summed E-state index contributed by atoms with van der Waals surface area (Å²) < 4.78 is 0. The van der Waals surface area contributed by atoms with E-state index in [0.717, 1.165) is 22.3 Å². The number of non-ortho nitro benzene ring substituents is 1. The molecular formula is C17H14N2O2. The van der Waals surface area contributed by atoms with Crippen LogP contribution >= 0.6 is 0 Å². The van der Waals surface area contributed by atoms with Gasteiger partial charge in [-0.3, -0.25) is 10.1 Å². The van der Waals surface area contributed by atoms with Gasteiger partial charge in [-0.05, 0) is 48.7 Å². The van der Waals surface area contributed by atoms with Gasteiger partial charge in [-0.2, -0.15) is 5.26 Å². The number of benzene rings is 2. The average molecular weight is 278 g/mol. The van der Waals surface area contributed by atoms with Crippen molar-refractivity contribution in [1.82, 2.24) is 0 Å². The molecule has 0 atom stereocenters. The lowest BCUT2D eigenvalue weighted by Crippen LogP contribution is -1.89. The van der Waals surface area contributed by atoms with Gasteiger partial charge in [0.2, 0.25) is 0 Å². The van der Waals surface area contributed by atoms with Crippen LogP contribution in [-0.2, 0) is 0 Å². The summed E-state index contributed by atoms with van der Waals surface area (Å²) in [6.45, 7) is 3.93. The number of nitro groups is 1. The number of allylic oxidation sites excluding steroid dienone is 1. The van der Waals surface area contributed by atoms with Gasteiger partial charge in [0.1, 0.15) is 0 Å². The van der Waals surface area contributed by atoms with Crippen molar-refractivity contribution in [3.63, 3.8) is 0 Å². The van der Waals surface area contributed by atoms with Crippen molar-refractivity contribution in [3.8, 4) is 6.07 Å². The molecule has 4 heteroatoms. The molecule has 2 aromatic rings. The van der Waals surface area contributed by atoms with Gasteiger partial charge in [-0.1, -0.05) is 23.8 Å². The van der Waals surface area contributed by atoms with Gasteiger partial charge in [0, 0.05) is 12.1 Å². The molecular weight excluding hydrogens is 264 g/mol. The molecule has 2 rings (SSSR count). The van der Waals surface area contributed by atoms with Crippen molar-refractivity contribution in [2.24, 2.45) is 0 Å². The van der Waals surface area contributed by atoms with E-state index >= 15 is 0 Å². The van der Waals surface area contributed by atoms with Crippen LogP contribution in [0, 0.1) is 35.3 Å². The van der Waals surface area contributed by atoms with Gasteiger partial charge in [0.15, 0.2) is 0 Å². The Labute approximate surface area is 123 Å². The minimum atomic E-state index is -0.441. The zero-order valence-corrected chi connectivity index (χ0v) is 11.8. The fourth-order valence-electron chi connectivity index (χ4n) is 2.06. The Balaban J connectivity index is 2.43. The first-order valence-electron chi connectivity index (χ1n) is 6.45. The molecule has 0 saturated heterocycles. The fraction of sp³-hybridized carbons (Fsp3) is 0.118. The fourth-order valence-corrected chi connectivity index (χ4v) is 2.06. The molecule has 0 aliphatic heterocycles. The molecule has 4 nitrogen and oxygen atoms in total. The van der Waals surface area contributed by atoms with Crippen molar-refractivity contribution in [3.05, 3.63) is 74.8 Å². The monoisotopic (exact) mass is 278 g/mol. The Morgan fingerprint density at radius 1 is 1.19 bits per heavy atom. The third-order valence-electron chi connectivity index (χ3n) is 3.22. The van der Waals surface area contributed by atoms with E-state index in [9.17, 15) is 15.4 Å². The summed E-state index contributed by atoms with van der Waals surface area (Å²) in [7, 11) is 0. The highest BCUT2D eigenvalue weighted by Gasteiger charge is 2.07. The van der Waals surface area contributed by atoms with Crippen LogP contribution in [0.4, 0.5) is 5.69 Å². The zero-order chi connectivity index (χ0) is 15.4. The molecule has 0 aromatic heterocycles. The highest BCUT2D eigenvalue weighted by Crippen LogP contribution is 2.23. The van der Waals surface area contributed by atoms with Crippen molar-refractivity contribution < 1.29 is 4.92 Å². The van der Waals surface area contributed by atoms with Crippen LogP contribution < -0.4 is 0 Å². The van der Waals surface area contributed by atoms with Crippen LogP contribution in [0.1, 0.15) is 22.3 Å². The molecule has 0 fully saturated rings. The number of nitrogens with zero attached hydrogens (tertiary/aromatic N) is 2. The molecule has 0 heterocycles. The molecule has 0 spiro atoms. The maximum atomic E-state index is 10.6. The second-order valence-corrected chi connectivity index (χ2v) is 4.84. The van der Waals surface area contributed by atoms with E-state index in [1.165, 1.54) is 12.1 Å². The van der Waals surface area contributed by atoms with Crippen LogP contribution in [0.5, 0.6) is 0 Å². The zero-order valence-electron chi connectivity index (χ0n) is 11.8. The summed E-state index contributed by atoms with van der Waals surface area (Å²) in [5, 5.41) is 20.0. The summed E-state index contributed by atoms with van der Waals surface area (Å²) in [5.74, 6) is 0. The van der Waals surface area contributed by atoms with E-state index in [2.05, 4.69) is 6.07 Å². The van der Waals surface area contributed by atoms with Crippen molar-refractivity contribution >= 4 is 17.3 Å². The molecule has 0 aliphatic carbocycles. The van der Waals surface area contributed by atoms with Gasteiger partial charge in [-0.25, -0.2) is 0 Å². The van der Waals surface area contributed by atoms with Crippen LogP contribution in [-0.4, -0.2) is 4.92 Å². The number of nitro benzene ring substituents is 1. The molecule has 0 unspecified atom stereocenters. The average Bonchev–Trinajstić information content (AvgIpc) is 2.48. The summed E-state index contributed by atoms with van der Waals surface area (Å²) in [4.78, 5) is 10.2. The van der Waals surface area contributed by atoms with E-state index in [1.807, 2.05) is 32.0 Å². The third-order valence-corrected chi connectivity index (χ3v) is 3.22. The minimum absolute atomic E-state index is 0.0393. The lowest BCUT2D eigenvalue weighted by molar-refractivity contribution is -0.384. The van der Waals surface area contributed by atoms with E-state index < -0.39 is 4.92 Å². The van der Waals surface area contributed by atoms with E-state index in [1.54, 1.807) is 18.2 Å². The number of rotatable bonds is 3. The second kappa shape index (κ2) is 6.02. The van der Waals surface area contributed by atoms with Crippen LogP contribution in [0.25, 0.3) is 11.6 Å². The Bertz CT molecular complexity index is 753. The number of aryl methyl sites for hydroxylation is 2. The molecule has 0 aliphatic rings. The van der Waals surface area contributed by atoms with Crippen LogP contribution in [0.15, 0.2) is 42.5 Å². The quantitative estimate of drug-likeness (QED) is 0.364. The molecule has 0 N–H and O–H groups in total. The molecule has 21 heavy (non-hydrogen) atoms. The number of hydrogen-bond acceptors (Lipinski definition) is 3. The number of nitriles is 1. The van der Waals surface area contributed by atoms with Gasteiger partial charge in [0.05, 0.1) is 16.6 Å². The van der Waals surface area contributed by atoms with Gasteiger partial charge < -0.3 is 0 Å². The Morgan fingerprint density at radius 2 is 1.86 bits per heavy atom. The lowest BCUT2D eigenvalue weighted by atomic mass is 9.97. The van der Waals surface area contributed by atoms with Crippen molar-refractivity contribution in [2.75, 3.05) is 0 Å². The van der Waals surface area contributed by atoms with Crippen LogP contribution in [0.2, 0.25) is 0 Å². The molecule has 0 radical (unpaired) electrons. The van der Waals surface area contributed by atoms with E-state index in [0.29, 0.717) is 5.57 Å². The highest BCUT2D eigenvalue weighted by molar-refractivity contribution is 5.90. The van der Waals surface area contributed by atoms with Gasteiger partial charge in [-0.15, -0.1) is 0 Å². The largest absolute Gasteiger partial charge is 0.269 e. The first-order chi connectivity index (χ1) is 10.0. The maximum absolute atomic E-state index is 10.6. The normalized spacial score (nSPS) is 11.0. The van der Waals surface area contributed by atoms with Crippen LogP contribution in [0.3, 0.4) is 0 Å². The molecule has 0 bridgehead atoms. The SMILES string of the molecule is Cc1ccc(C)c(/C(C#N)=C\c2ccc([N+](=O)[O-])cc2)c1. The maximum Gasteiger partial charge on any atom is 0.269 e. The highest BCUT2D eigenvalue weighted by atomic mass is 16.6. The molecule has 0 amide bonds. The number of hydrogen-bond donors (Lipinski definition) is 0. The summed E-state index contributed by atoms with van der Waals surface area (Å²) in [5.41, 5.74) is 4.34. The predicted molar refractivity (Wildman–Crippen MR) is 82.5 cm³/mol. The van der Waals surface area contributed by atoms with E-state index in [4.69, 9.17) is 0 Å². The Morgan fingerprint density at radius 3 is 2.43 bits per heavy atom. The second-order valence-electron chi connectivity index (χ2n) is 4.84. The van der Waals surface area contributed by atoms with Gasteiger partial charge in [0.25, 0.3) is 5.69 Å². The van der Waals surface area contributed by atoms with Crippen molar-refractivity contribution in [2.45, 2.75) is 13.8 Å². The lowest BCUT2D eigenvalue weighted by Gasteiger charge is -2.06. The summed E-state index contributed by atoms with van der Waals surface area (Å²) >= 11 is 0. The summed E-state index contributed by atoms with van der Waals surface area (Å²) in [6, 6.07) is 14.3. The third kappa shape index (κ3) is 3.34. The van der Waals surface area contributed by atoms with Gasteiger partial charge >= 0.3 is 0 Å². The smallest absolute Gasteiger partial charge is 0.258 e. The first-order valence-corrected chi connectivity index (χ1v) is 6.45. The molecule has 2 aromatic carbocycles. The Hall–Kier alpha value is -2.93. The van der Waals surface area contributed by atoms with Crippen molar-refractivity contribution in [1.29, 1.82) is 5.26 Å². The summed E-state index contributed by atoms with van der Waals surface area (Å²) in [6.07, 6.45) is 1.74. The minimum Gasteiger partial charge on any atom is -0.258 e. The molecule has 0 saturated carbocycles.